The number of hydrogen-bond acceptors (Lipinski definition) is 1. The fourth-order valence-electron chi connectivity index (χ4n) is 1.21. The Labute approximate surface area is 110 Å². The molecule has 0 atom stereocenters. The minimum Gasteiger partial charge on any atom is -0.346 e. The average Bonchev–Trinajstić information content (AvgIpc) is 2.33. The van der Waals surface area contributed by atoms with Gasteiger partial charge in [0.15, 0.2) is 23.3 Å². The van der Waals surface area contributed by atoms with Crippen LogP contribution in [0.3, 0.4) is 0 Å². The molecule has 0 saturated heterocycles. The molecule has 1 aromatic carbocycles. The Kier molecular flexibility index (Phi) is 4.39. The van der Waals surface area contributed by atoms with E-state index in [9.17, 15) is 26.7 Å². The molecule has 1 aromatic rings. The molecule has 0 aromatic heterocycles. The van der Waals surface area contributed by atoms with Crippen molar-refractivity contribution in [1.82, 2.24) is 5.32 Å². The first-order valence-electron chi connectivity index (χ1n) is 5.02. The van der Waals surface area contributed by atoms with E-state index in [4.69, 9.17) is 11.6 Å². The van der Waals surface area contributed by atoms with Crippen LogP contribution in [-0.2, 0) is 0 Å². The van der Waals surface area contributed by atoms with Crippen molar-refractivity contribution in [2.75, 3.05) is 5.88 Å². The molecule has 0 radical (unpaired) electrons. The summed E-state index contributed by atoms with van der Waals surface area (Å²) in [6, 6.07) is 0. The molecule has 0 bridgehead atoms. The van der Waals surface area contributed by atoms with Crippen LogP contribution in [0.4, 0.5) is 22.0 Å². The first-order chi connectivity index (χ1) is 8.62. The van der Waals surface area contributed by atoms with Crippen LogP contribution in [0.25, 0.3) is 0 Å². The second-order valence-electron chi connectivity index (χ2n) is 4.42. The van der Waals surface area contributed by atoms with Crippen LogP contribution in [0, 0.1) is 29.1 Å². The number of carbonyl (C=O) groups is 1. The molecule has 0 aliphatic heterocycles. The lowest BCUT2D eigenvalue weighted by Crippen LogP contribution is -2.45. The maximum absolute atomic E-state index is 13.3. The summed E-state index contributed by atoms with van der Waals surface area (Å²) >= 11 is 5.48. The van der Waals surface area contributed by atoms with Gasteiger partial charge >= 0.3 is 0 Å². The molecule has 0 spiro atoms. The van der Waals surface area contributed by atoms with Crippen LogP contribution in [-0.4, -0.2) is 17.3 Å². The van der Waals surface area contributed by atoms with Crippen LogP contribution in [0.2, 0.25) is 0 Å². The fourth-order valence-corrected chi connectivity index (χ4v) is 1.27. The number of amides is 1. The van der Waals surface area contributed by atoms with Crippen LogP contribution in [0.15, 0.2) is 0 Å². The van der Waals surface area contributed by atoms with E-state index in [-0.39, 0.29) is 5.88 Å². The van der Waals surface area contributed by atoms with Gasteiger partial charge in [-0.05, 0) is 13.8 Å². The van der Waals surface area contributed by atoms with E-state index in [1.165, 1.54) is 13.8 Å². The van der Waals surface area contributed by atoms with Gasteiger partial charge in [0.2, 0.25) is 5.82 Å². The van der Waals surface area contributed by atoms with Crippen molar-refractivity contribution >= 4 is 17.5 Å². The molecule has 0 heterocycles. The third-order valence-corrected chi connectivity index (χ3v) is 2.89. The topological polar surface area (TPSA) is 29.1 Å². The van der Waals surface area contributed by atoms with Crippen molar-refractivity contribution < 1.29 is 26.7 Å². The van der Waals surface area contributed by atoms with Gasteiger partial charge in [0.1, 0.15) is 5.56 Å². The molecular formula is C11H9ClF5NO. The summed E-state index contributed by atoms with van der Waals surface area (Å²) in [5, 5.41) is 2.07. The first kappa shape index (κ1) is 15.7. The highest BCUT2D eigenvalue weighted by Crippen LogP contribution is 2.23. The number of hydrogen-bond donors (Lipinski definition) is 1. The Balaban J connectivity index is 3.33. The molecule has 0 fully saturated rings. The molecule has 106 valence electrons. The number of nitrogens with one attached hydrogen (secondary N) is 1. The predicted octanol–water partition coefficient (Wildman–Crippen LogP) is 3.13. The largest absolute Gasteiger partial charge is 0.346 e. The van der Waals surface area contributed by atoms with E-state index in [2.05, 4.69) is 5.32 Å². The number of benzene rings is 1. The van der Waals surface area contributed by atoms with E-state index in [0.717, 1.165) is 0 Å². The highest BCUT2D eigenvalue weighted by molar-refractivity contribution is 6.18. The molecule has 2 nitrogen and oxygen atoms in total. The van der Waals surface area contributed by atoms with Crippen LogP contribution >= 0.6 is 11.6 Å². The summed E-state index contributed by atoms with van der Waals surface area (Å²) in [6.07, 6.45) is 0. The summed E-state index contributed by atoms with van der Waals surface area (Å²) in [4.78, 5) is 11.6. The SMILES string of the molecule is CC(C)(CCl)NC(=O)c1c(F)c(F)c(F)c(F)c1F. The smallest absolute Gasteiger partial charge is 0.257 e. The van der Waals surface area contributed by atoms with E-state index in [1.807, 2.05) is 0 Å². The van der Waals surface area contributed by atoms with Gasteiger partial charge in [-0.3, -0.25) is 4.79 Å². The summed E-state index contributed by atoms with van der Waals surface area (Å²) in [5.41, 5.74) is -2.60. The number of rotatable bonds is 3. The lowest BCUT2D eigenvalue weighted by Gasteiger charge is -2.23. The van der Waals surface area contributed by atoms with Gasteiger partial charge in [-0.15, -0.1) is 11.6 Å². The maximum Gasteiger partial charge on any atom is 0.257 e. The minimum atomic E-state index is -2.32. The lowest BCUT2D eigenvalue weighted by atomic mass is 10.1. The van der Waals surface area contributed by atoms with Gasteiger partial charge in [0.05, 0.1) is 0 Å². The van der Waals surface area contributed by atoms with Crippen molar-refractivity contribution in [3.05, 3.63) is 34.6 Å². The fraction of sp³-hybridized carbons (Fsp3) is 0.364. The highest BCUT2D eigenvalue weighted by Gasteiger charge is 2.31. The summed E-state index contributed by atoms with van der Waals surface area (Å²) in [7, 11) is 0. The Hall–Kier alpha value is -1.37. The average molecular weight is 302 g/mol. The van der Waals surface area contributed by atoms with Crippen molar-refractivity contribution in [3.8, 4) is 0 Å². The summed E-state index contributed by atoms with van der Waals surface area (Å²) in [5.74, 6) is -12.6. The van der Waals surface area contributed by atoms with E-state index < -0.39 is 46.1 Å². The molecule has 0 unspecified atom stereocenters. The predicted molar refractivity (Wildman–Crippen MR) is 58.5 cm³/mol. The Morgan fingerprint density at radius 2 is 1.37 bits per heavy atom. The molecule has 0 saturated carbocycles. The zero-order chi connectivity index (χ0) is 15.0. The quantitative estimate of drug-likeness (QED) is 0.395. The zero-order valence-electron chi connectivity index (χ0n) is 9.88. The van der Waals surface area contributed by atoms with Crippen molar-refractivity contribution in [2.45, 2.75) is 19.4 Å². The number of carbonyl (C=O) groups excluding carboxylic acids is 1. The van der Waals surface area contributed by atoms with Crippen molar-refractivity contribution in [1.29, 1.82) is 0 Å². The Morgan fingerprint density at radius 3 is 1.74 bits per heavy atom. The summed E-state index contributed by atoms with van der Waals surface area (Å²) < 4.78 is 65.2. The van der Waals surface area contributed by atoms with E-state index in [0.29, 0.717) is 0 Å². The van der Waals surface area contributed by atoms with Gasteiger partial charge in [-0.25, -0.2) is 22.0 Å². The zero-order valence-corrected chi connectivity index (χ0v) is 10.6. The van der Waals surface area contributed by atoms with Gasteiger partial charge in [-0.1, -0.05) is 0 Å². The molecule has 1 amide bonds. The third-order valence-electron chi connectivity index (χ3n) is 2.22. The molecule has 19 heavy (non-hydrogen) atoms. The minimum absolute atomic E-state index is 0.117. The summed E-state index contributed by atoms with van der Waals surface area (Å²) in [6.45, 7) is 2.84. The first-order valence-corrected chi connectivity index (χ1v) is 5.55. The van der Waals surface area contributed by atoms with Crippen molar-refractivity contribution in [2.24, 2.45) is 0 Å². The molecule has 8 heteroatoms. The van der Waals surface area contributed by atoms with Gasteiger partial charge in [0, 0.05) is 11.4 Å². The van der Waals surface area contributed by atoms with Crippen LogP contribution < -0.4 is 5.32 Å². The molecule has 1 N–H and O–H groups in total. The molecular weight excluding hydrogens is 293 g/mol. The van der Waals surface area contributed by atoms with Gasteiger partial charge in [-0.2, -0.15) is 0 Å². The Morgan fingerprint density at radius 1 is 1.00 bits per heavy atom. The highest BCUT2D eigenvalue weighted by atomic mass is 35.5. The standard InChI is InChI=1S/C11H9ClF5NO/c1-11(2,3-12)18-10(19)4-5(13)7(15)9(17)8(16)6(4)14/h3H2,1-2H3,(H,18,19). The monoisotopic (exact) mass is 301 g/mol. The van der Waals surface area contributed by atoms with Gasteiger partial charge < -0.3 is 5.32 Å². The Bertz CT molecular complexity index is 503. The lowest BCUT2D eigenvalue weighted by molar-refractivity contribution is 0.0908. The second kappa shape index (κ2) is 5.32. The number of alkyl halides is 1. The van der Waals surface area contributed by atoms with E-state index >= 15 is 0 Å². The normalized spacial score (nSPS) is 11.6. The molecule has 0 aliphatic carbocycles. The van der Waals surface area contributed by atoms with Crippen LogP contribution in [0.5, 0.6) is 0 Å². The third kappa shape index (κ3) is 2.97. The van der Waals surface area contributed by atoms with Crippen LogP contribution in [0.1, 0.15) is 24.2 Å². The number of halogens is 6. The molecule has 0 aliphatic rings. The van der Waals surface area contributed by atoms with Crippen molar-refractivity contribution in [3.63, 3.8) is 0 Å². The second-order valence-corrected chi connectivity index (χ2v) is 4.68. The molecule has 1 rings (SSSR count). The van der Waals surface area contributed by atoms with Gasteiger partial charge in [0.25, 0.3) is 5.91 Å². The van der Waals surface area contributed by atoms with E-state index in [1.54, 1.807) is 0 Å². The maximum atomic E-state index is 13.3.